The van der Waals surface area contributed by atoms with Gasteiger partial charge >= 0.3 is 0 Å². The standard InChI is InChI=1S/C18H14ClIN2O4S2/c19-13-1-9-17(10-2-13)27(23,24)22-16-7-11-18(12-8-16)28(25,26)21-15-5-3-14(20)4-6-15/h1-12,21-22H. The number of halogens is 2. The third kappa shape index (κ3) is 5.16. The molecule has 0 aliphatic heterocycles. The maximum Gasteiger partial charge on any atom is 0.261 e. The van der Waals surface area contributed by atoms with Gasteiger partial charge in [0, 0.05) is 20.0 Å². The fourth-order valence-electron chi connectivity index (χ4n) is 2.26. The molecule has 0 aromatic heterocycles. The summed E-state index contributed by atoms with van der Waals surface area (Å²) < 4.78 is 55.6. The van der Waals surface area contributed by atoms with E-state index in [9.17, 15) is 16.8 Å². The zero-order valence-electron chi connectivity index (χ0n) is 14.1. The average Bonchev–Trinajstić information content (AvgIpc) is 2.64. The van der Waals surface area contributed by atoms with Crippen molar-refractivity contribution in [3.8, 4) is 0 Å². The van der Waals surface area contributed by atoms with Gasteiger partial charge in [0.25, 0.3) is 20.0 Å². The molecule has 0 aliphatic carbocycles. The lowest BCUT2D eigenvalue weighted by atomic mass is 10.3. The van der Waals surface area contributed by atoms with E-state index in [0.717, 1.165) is 3.57 Å². The third-order valence-corrected chi connectivity index (χ3v) is 7.40. The minimum atomic E-state index is -3.81. The molecule has 0 radical (unpaired) electrons. The highest BCUT2D eigenvalue weighted by molar-refractivity contribution is 14.1. The molecule has 0 heterocycles. The Morgan fingerprint density at radius 3 is 1.39 bits per heavy atom. The lowest BCUT2D eigenvalue weighted by molar-refractivity contribution is 0.600. The molecule has 0 spiro atoms. The Balaban J connectivity index is 1.77. The van der Waals surface area contributed by atoms with E-state index in [4.69, 9.17) is 11.6 Å². The van der Waals surface area contributed by atoms with Crippen LogP contribution in [-0.2, 0) is 20.0 Å². The van der Waals surface area contributed by atoms with Crippen LogP contribution in [0.3, 0.4) is 0 Å². The predicted octanol–water partition coefficient (Wildman–Crippen LogP) is 4.55. The molecule has 3 rings (SSSR count). The first-order valence-electron chi connectivity index (χ1n) is 7.83. The van der Waals surface area contributed by atoms with E-state index in [1.165, 1.54) is 48.5 Å². The largest absolute Gasteiger partial charge is 0.280 e. The molecule has 146 valence electrons. The SMILES string of the molecule is O=S(=O)(Nc1ccc(S(=O)(=O)Nc2ccc(I)cc2)cc1)c1ccc(Cl)cc1. The topological polar surface area (TPSA) is 92.3 Å². The summed E-state index contributed by atoms with van der Waals surface area (Å²) in [7, 11) is -7.59. The lowest BCUT2D eigenvalue weighted by Crippen LogP contribution is -2.14. The summed E-state index contributed by atoms with van der Waals surface area (Å²) in [6.07, 6.45) is 0. The highest BCUT2D eigenvalue weighted by atomic mass is 127. The Hall–Kier alpha value is -1.82. The molecule has 0 saturated carbocycles. The number of nitrogens with one attached hydrogen (secondary N) is 2. The van der Waals surface area contributed by atoms with Crippen LogP contribution in [-0.4, -0.2) is 16.8 Å². The summed E-state index contributed by atoms with van der Waals surface area (Å²) in [5.41, 5.74) is 0.677. The van der Waals surface area contributed by atoms with Gasteiger partial charge in [0.15, 0.2) is 0 Å². The monoisotopic (exact) mass is 548 g/mol. The molecule has 0 bridgehead atoms. The molecule has 3 aromatic rings. The van der Waals surface area contributed by atoms with Crippen molar-refractivity contribution in [2.24, 2.45) is 0 Å². The first-order chi connectivity index (χ1) is 13.2. The fourth-order valence-corrected chi connectivity index (χ4v) is 4.86. The van der Waals surface area contributed by atoms with Crippen molar-refractivity contribution < 1.29 is 16.8 Å². The van der Waals surface area contributed by atoms with Crippen molar-refractivity contribution in [2.75, 3.05) is 9.44 Å². The van der Waals surface area contributed by atoms with Crippen molar-refractivity contribution in [1.82, 2.24) is 0 Å². The van der Waals surface area contributed by atoms with Crippen molar-refractivity contribution in [3.05, 3.63) is 81.4 Å². The molecule has 2 N–H and O–H groups in total. The van der Waals surface area contributed by atoms with Crippen LogP contribution in [0.4, 0.5) is 11.4 Å². The van der Waals surface area contributed by atoms with Crippen molar-refractivity contribution in [3.63, 3.8) is 0 Å². The highest BCUT2D eigenvalue weighted by Crippen LogP contribution is 2.22. The summed E-state index contributed by atoms with van der Waals surface area (Å²) in [6.45, 7) is 0. The molecular weight excluding hydrogens is 535 g/mol. The van der Waals surface area contributed by atoms with Crippen LogP contribution in [0.25, 0.3) is 0 Å². The van der Waals surface area contributed by atoms with Crippen LogP contribution in [0.2, 0.25) is 5.02 Å². The molecule has 3 aromatic carbocycles. The zero-order valence-corrected chi connectivity index (χ0v) is 18.7. The second-order valence-electron chi connectivity index (χ2n) is 5.70. The van der Waals surface area contributed by atoms with Gasteiger partial charge in [-0.05, 0) is 95.4 Å². The summed E-state index contributed by atoms with van der Waals surface area (Å²) >= 11 is 7.89. The summed E-state index contributed by atoms with van der Waals surface area (Å²) in [5.74, 6) is 0. The van der Waals surface area contributed by atoms with Gasteiger partial charge in [-0.2, -0.15) is 0 Å². The van der Waals surface area contributed by atoms with E-state index in [-0.39, 0.29) is 15.5 Å². The quantitative estimate of drug-likeness (QED) is 0.442. The van der Waals surface area contributed by atoms with E-state index in [2.05, 4.69) is 32.0 Å². The Kier molecular flexibility index (Phi) is 6.18. The van der Waals surface area contributed by atoms with Crippen LogP contribution in [0.5, 0.6) is 0 Å². The first kappa shape index (κ1) is 20.9. The normalized spacial score (nSPS) is 11.8. The van der Waals surface area contributed by atoms with Crippen LogP contribution in [0.15, 0.2) is 82.6 Å². The Bertz CT molecular complexity index is 1180. The van der Waals surface area contributed by atoms with E-state index in [1.807, 2.05) is 0 Å². The second kappa shape index (κ2) is 8.27. The number of anilines is 2. The van der Waals surface area contributed by atoms with E-state index in [1.54, 1.807) is 24.3 Å². The Labute approximate surface area is 182 Å². The number of benzene rings is 3. The van der Waals surface area contributed by atoms with Gasteiger partial charge in [0.2, 0.25) is 0 Å². The fraction of sp³-hybridized carbons (Fsp3) is 0. The number of sulfonamides is 2. The molecule has 10 heteroatoms. The van der Waals surface area contributed by atoms with Crippen LogP contribution in [0, 0.1) is 3.57 Å². The number of hydrogen-bond acceptors (Lipinski definition) is 4. The number of hydrogen-bond donors (Lipinski definition) is 2. The van der Waals surface area contributed by atoms with Gasteiger partial charge in [0.05, 0.1) is 9.79 Å². The third-order valence-electron chi connectivity index (χ3n) is 3.64. The molecule has 0 amide bonds. The van der Waals surface area contributed by atoms with Gasteiger partial charge in [-0.3, -0.25) is 9.44 Å². The van der Waals surface area contributed by atoms with Gasteiger partial charge in [-0.25, -0.2) is 16.8 Å². The molecular formula is C18H14ClIN2O4S2. The zero-order chi connectivity index (χ0) is 20.4. The average molecular weight is 549 g/mol. The second-order valence-corrected chi connectivity index (χ2v) is 10.7. The molecule has 0 atom stereocenters. The predicted molar refractivity (Wildman–Crippen MR) is 119 cm³/mol. The summed E-state index contributed by atoms with van der Waals surface area (Å²) in [6, 6.07) is 18.0. The molecule has 28 heavy (non-hydrogen) atoms. The summed E-state index contributed by atoms with van der Waals surface area (Å²) in [4.78, 5) is 0.0643. The van der Waals surface area contributed by atoms with Gasteiger partial charge < -0.3 is 0 Å². The molecule has 0 fully saturated rings. The van der Waals surface area contributed by atoms with Crippen LogP contribution in [0.1, 0.15) is 0 Å². The maximum absolute atomic E-state index is 12.5. The van der Waals surface area contributed by atoms with Crippen LogP contribution >= 0.6 is 34.2 Å². The number of rotatable bonds is 6. The Morgan fingerprint density at radius 2 is 0.964 bits per heavy atom. The molecule has 6 nitrogen and oxygen atoms in total. The smallest absolute Gasteiger partial charge is 0.261 e. The first-order valence-corrected chi connectivity index (χ1v) is 12.2. The van der Waals surface area contributed by atoms with E-state index >= 15 is 0 Å². The van der Waals surface area contributed by atoms with Crippen LogP contribution < -0.4 is 9.44 Å². The van der Waals surface area contributed by atoms with Gasteiger partial charge in [-0.15, -0.1) is 0 Å². The maximum atomic E-state index is 12.5. The molecule has 0 unspecified atom stereocenters. The van der Waals surface area contributed by atoms with E-state index in [0.29, 0.717) is 10.7 Å². The van der Waals surface area contributed by atoms with Crippen molar-refractivity contribution in [2.45, 2.75) is 9.79 Å². The summed E-state index contributed by atoms with van der Waals surface area (Å²) in [5, 5.41) is 0.425. The molecule has 0 saturated heterocycles. The van der Waals surface area contributed by atoms with Crippen molar-refractivity contribution >= 4 is 65.6 Å². The lowest BCUT2D eigenvalue weighted by Gasteiger charge is -2.11. The molecule has 0 aliphatic rings. The van der Waals surface area contributed by atoms with E-state index < -0.39 is 20.0 Å². The van der Waals surface area contributed by atoms with Gasteiger partial charge in [0.1, 0.15) is 0 Å². The Morgan fingerprint density at radius 1 is 0.607 bits per heavy atom. The van der Waals surface area contributed by atoms with Crippen molar-refractivity contribution in [1.29, 1.82) is 0 Å². The van der Waals surface area contributed by atoms with Gasteiger partial charge in [-0.1, -0.05) is 11.6 Å². The minimum Gasteiger partial charge on any atom is -0.280 e. The highest BCUT2D eigenvalue weighted by Gasteiger charge is 2.17. The minimum absolute atomic E-state index is 0.0143.